The summed E-state index contributed by atoms with van der Waals surface area (Å²) in [5.74, 6) is 0. The highest BCUT2D eigenvalue weighted by Gasteiger charge is 2.20. The van der Waals surface area contributed by atoms with Crippen LogP contribution in [0, 0.1) is 0 Å². The lowest BCUT2D eigenvalue weighted by molar-refractivity contribution is 0.0607. The van der Waals surface area contributed by atoms with Crippen LogP contribution in [0.5, 0.6) is 0 Å². The average molecular weight is 277 g/mol. The van der Waals surface area contributed by atoms with Crippen molar-refractivity contribution in [3.63, 3.8) is 0 Å². The second-order valence-corrected chi connectivity index (χ2v) is 5.26. The van der Waals surface area contributed by atoms with Gasteiger partial charge >= 0.3 is 0 Å². The van der Waals surface area contributed by atoms with E-state index >= 15 is 0 Å². The quantitative estimate of drug-likeness (QED) is 0.758. The van der Waals surface area contributed by atoms with Gasteiger partial charge in [-0.25, -0.2) is 0 Å². The molecule has 0 aromatic rings. The number of hydrogen-bond donors (Lipinski definition) is 0. The van der Waals surface area contributed by atoms with Crippen LogP contribution in [0.25, 0.3) is 0 Å². The molecule has 1 unspecified atom stereocenters. The van der Waals surface area contributed by atoms with Gasteiger partial charge in [-0.2, -0.15) is 0 Å². The van der Waals surface area contributed by atoms with Crippen LogP contribution in [0.3, 0.4) is 0 Å². The van der Waals surface area contributed by atoms with Gasteiger partial charge in [0.1, 0.15) is 0 Å². The third-order valence-corrected chi connectivity index (χ3v) is 3.08. The predicted octanol–water partition coefficient (Wildman–Crippen LogP) is 1.55. The van der Waals surface area contributed by atoms with Crippen LogP contribution in [-0.4, -0.2) is 62.3 Å². The zero-order valence-corrected chi connectivity index (χ0v) is 11.3. The van der Waals surface area contributed by atoms with E-state index in [0.717, 1.165) is 43.8 Å². The minimum Gasteiger partial charge on any atom is -0.383 e. The van der Waals surface area contributed by atoms with Crippen molar-refractivity contribution in [2.75, 3.05) is 46.4 Å². The molecule has 1 heterocycles. The van der Waals surface area contributed by atoms with Crippen LogP contribution >= 0.6 is 15.9 Å². The number of halogens is 1. The molecule has 1 saturated heterocycles. The predicted molar refractivity (Wildman–Crippen MR) is 67.4 cm³/mol. The molecule has 0 spiro atoms. The molecule has 0 bridgehead atoms. The smallest absolute Gasteiger partial charge is 0.0615 e. The molecule has 0 aromatic carbocycles. The topological polar surface area (TPSA) is 15.7 Å². The second-order valence-electron chi connectivity index (χ2n) is 4.13. The summed E-state index contributed by atoms with van der Waals surface area (Å²) >= 11 is 3.41. The Kier molecular flexibility index (Phi) is 5.82. The maximum atomic E-state index is 5.17. The Hall–Kier alpha value is 0.1000. The van der Waals surface area contributed by atoms with Crippen molar-refractivity contribution in [1.29, 1.82) is 0 Å². The van der Waals surface area contributed by atoms with Gasteiger partial charge in [0, 0.05) is 50.4 Å². The summed E-state index contributed by atoms with van der Waals surface area (Å²) in [5, 5.41) is 0. The van der Waals surface area contributed by atoms with E-state index in [-0.39, 0.29) is 0 Å². The number of hydrogen-bond acceptors (Lipinski definition) is 3. The number of methoxy groups -OCH3 is 1. The first-order valence-electron chi connectivity index (χ1n) is 5.42. The molecule has 15 heavy (non-hydrogen) atoms. The first kappa shape index (κ1) is 13.2. The fraction of sp³-hybridized carbons (Fsp3) is 0.818. The molecule has 0 saturated carbocycles. The lowest BCUT2D eigenvalue weighted by Crippen LogP contribution is -2.50. The Labute approximate surface area is 101 Å². The summed E-state index contributed by atoms with van der Waals surface area (Å²) in [5.41, 5.74) is 0. The summed E-state index contributed by atoms with van der Waals surface area (Å²) in [6.45, 7) is 12.4. The number of piperazine rings is 1. The zero-order chi connectivity index (χ0) is 11.3. The molecular weight excluding hydrogens is 256 g/mol. The summed E-state index contributed by atoms with van der Waals surface area (Å²) in [6.07, 6.45) is 0. The van der Waals surface area contributed by atoms with E-state index in [2.05, 4.69) is 39.2 Å². The molecule has 3 nitrogen and oxygen atoms in total. The van der Waals surface area contributed by atoms with Crippen molar-refractivity contribution in [2.45, 2.75) is 13.0 Å². The van der Waals surface area contributed by atoms with Crippen LogP contribution in [0.15, 0.2) is 11.1 Å². The Morgan fingerprint density at radius 2 is 2.00 bits per heavy atom. The standard InChI is InChI=1S/C11H21BrN2O/c1-10(12)8-13-4-6-14(7-5-13)11(2)9-15-3/h11H,1,4-9H2,2-3H3. The minimum atomic E-state index is 0.532. The van der Waals surface area contributed by atoms with E-state index in [1.165, 1.54) is 0 Å². The third-order valence-electron chi connectivity index (χ3n) is 2.83. The van der Waals surface area contributed by atoms with E-state index in [0.29, 0.717) is 6.04 Å². The van der Waals surface area contributed by atoms with E-state index in [4.69, 9.17) is 4.74 Å². The molecule has 88 valence electrons. The SMILES string of the molecule is C=C(Br)CN1CCN(C(C)COC)CC1. The lowest BCUT2D eigenvalue weighted by atomic mass is 10.2. The van der Waals surface area contributed by atoms with Crippen molar-refractivity contribution in [2.24, 2.45) is 0 Å². The van der Waals surface area contributed by atoms with Crippen molar-refractivity contribution < 1.29 is 4.74 Å². The van der Waals surface area contributed by atoms with Crippen LogP contribution < -0.4 is 0 Å². The van der Waals surface area contributed by atoms with Gasteiger partial charge in [0.05, 0.1) is 6.61 Å². The molecular formula is C11H21BrN2O. The first-order chi connectivity index (χ1) is 7.13. The molecule has 0 aromatic heterocycles. The molecule has 1 aliphatic rings. The largest absolute Gasteiger partial charge is 0.383 e. The van der Waals surface area contributed by atoms with Crippen molar-refractivity contribution in [1.82, 2.24) is 9.80 Å². The minimum absolute atomic E-state index is 0.532. The maximum Gasteiger partial charge on any atom is 0.0615 e. The normalized spacial score (nSPS) is 21.5. The van der Waals surface area contributed by atoms with Gasteiger partial charge in [-0.15, -0.1) is 0 Å². The molecule has 1 atom stereocenters. The summed E-state index contributed by atoms with van der Waals surface area (Å²) in [7, 11) is 1.77. The van der Waals surface area contributed by atoms with E-state index in [9.17, 15) is 0 Å². The molecule has 4 heteroatoms. The second kappa shape index (κ2) is 6.63. The molecule has 0 amide bonds. The Morgan fingerprint density at radius 1 is 1.40 bits per heavy atom. The lowest BCUT2D eigenvalue weighted by Gasteiger charge is -2.37. The van der Waals surface area contributed by atoms with Crippen LogP contribution in [0.1, 0.15) is 6.92 Å². The van der Waals surface area contributed by atoms with Gasteiger partial charge in [-0.1, -0.05) is 22.5 Å². The fourth-order valence-corrected chi connectivity index (χ4v) is 2.31. The molecule has 0 radical (unpaired) electrons. The van der Waals surface area contributed by atoms with Crippen molar-refractivity contribution in [3.8, 4) is 0 Å². The van der Waals surface area contributed by atoms with Crippen molar-refractivity contribution in [3.05, 3.63) is 11.1 Å². The highest BCUT2D eigenvalue weighted by Crippen LogP contribution is 2.10. The monoisotopic (exact) mass is 276 g/mol. The zero-order valence-electron chi connectivity index (χ0n) is 9.71. The number of nitrogens with zero attached hydrogens (tertiary/aromatic N) is 2. The van der Waals surface area contributed by atoms with Gasteiger partial charge in [0.2, 0.25) is 0 Å². The molecule has 0 N–H and O–H groups in total. The molecule has 1 aliphatic heterocycles. The Bertz CT molecular complexity index is 203. The van der Waals surface area contributed by atoms with Crippen LogP contribution in [-0.2, 0) is 4.74 Å². The Morgan fingerprint density at radius 3 is 2.47 bits per heavy atom. The van der Waals surface area contributed by atoms with Gasteiger partial charge in [-0.3, -0.25) is 9.80 Å². The van der Waals surface area contributed by atoms with E-state index < -0.39 is 0 Å². The fourth-order valence-electron chi connectivity index (χ4n) is 1.95. The van der Waals surface area contributed by atoms with Crippen LogP contribution in [0.4, 0.5) is 0 Å². The highest BCUT2D eigenvalue weighted by atomic mass is 79.9. The van der Waals surface area contributed by atoms with Gasteiger partial charge in [-0.05, 0) is 6.92 Å². The van der Waals surface area contributed by atoms with Crippen LogP contribution in [0.2, 0.25) is 0 Å². The third kappa shape index (κ3) is 4.64. The van der Waals surface area contributed by atoms with Gasteiger partial charge in [0.15, 0.2) is 0 Å². The summed E-state index contributed by atoms with van der Waals surface area (Å²) in [4.78, 5) is 4.91. The van der Waals surface area contributed by atoms with Gasteiger partial charge < -0.3 is 4.74 Å². The number of rotatable bonds is 5. The molecule has 1 rings (SSSR count). The number of ether oxygens (including phenoxy) is 1. The van der Waals surface area contributed by atoms with E-state index in [1.54, 1.807) is 7.11 Å². The Balaban J connectivity index is 2.26. The van der Waals surface area contributed by atoms with Gasteiger partial charge in [0.25, 0.3) is 0 Å². The first-order valence-corrected chi connectivity index (χ1v) is 6.21. The molecule has 1 fully saturated rings. The molecule has 0 aliphatic carbocycles. The highest BCUT2D eigenvalue weighted by molar-refractivity contribution is 9.11. The summed E-state index contributed by atoms with van der Waals surface area (Å²) in [6, 6.07) is 0.532. The maximum absolute atomic E-state index is 5.17. The van der Waals surface area contributed by atoms with Crippen molar-refractivity contribution >= 4 is 15.9 Å². The summed E-state index contributed by atoms with van der Waals surface area (Å²) < 4.78 is 6.24. The average Bonchev–Trinajstić information content (AvgIpc) is 2.18. The van der Waals surface area contributed by atoms with E-state index in [1.807, 2.05) is 0 Å².